The molecule has 0 radical (unpaired) electrons. The minimum Gasteiger partial charge on any atom is -0.324 e. The van der Waals surface area contributed by atoms with Crippen molar-refractivity contribution in [3.05, 3.63) is 72.2 Å². The van der Waals surface area contributed by atoms with E-state index in [0.717, 1.165) is 16.3 Å². The number of piperidine rings is 1. The summed E-state index contributed by atoms with van der Waals surface area (Å²) in [7, 11) is 0. The zero-order chi connectivity index (χ0) is 25.5. The third-order valence-corrected chi connectivity index (χ3v) is 6.66. The van der Waals surface area contributed by atoms with Crippen molar-refractivity contribution in [2.45, 2.75) is 32.0 Å². The second-order valence-electron chi connectivity index (χ2n) is 8.98. The molecule has 0 aliphatic carbocycles. The molecule has 0 bridgehead atoms. The molecular formula is C26H21N7O4. The highest BCUT2D eigenvalue weighted by Crippen LogP contribution is 2.32. The van der Waals surface area contributed by atoms with Gasteiger partial charge < -0.3 is 10.2 Å². The lowest BCUT2D eigenvalue weighted by atomic mass is 10.0. The molecule has 0 spiro atoms. The molecule has 1 unspecified atom stereocenters. The minimum absolute atomic E-state index is 0.0789. The van der Waals surface area contributed by atoms with Crippen LogP contribution in [0.15, 0.2) is 61.1 Å². The van der Waals surface area contributed by atoms with E-state index in [-0.39, 0.29) is 43.7 Å². The van der Waals surface area contributed by atoms with Crippen LogP contribution in [-0.2, 0) is 27.5 Å². The highest BCUT2D eigenvalue weighted by molar-refractivity contribution is 6.06. The first-order valence-electron chi connectivity index (χ1n) is 11.8. The molecule has 1 atom stereocenters. The van der Waals surface area contributed by atoms with E-state index in [1.165, 1.54) is 9.58 Å². The first kappa shape index (κ1) is 22.5. The Kier molecular flexibility index (Phi) is 5.44. The van der Waals surface area contributed by atoms with Gasteiger partial charge in [0.15, 0.2) is 0 Å². The average Bonchev–Trinajstić information content (AvgIpc) is 3.49. The zero-order valence-electron chi connectivity index (χ0n) is 19.5. The topological polar surface area (TPSA) is 139 Å². The van der Waals surface area contributed by atoms with Crippen LogP contribution in [0, 0.1) is 0 Å². The smallest absolute Gasteiger partial charge is 0.255 e. The SMILES string of the molecule is O=C1CCC(N2Cc3c(NC(=O)Cn4cc(-c5cccc6ccncc56)nn4)cccc3C2=O)C(=O)N1. The molecule has 0 saturated carbocycles. The van der Waals surface area contributed by atoms with E-state index in [2.05, 4.69) is 25.9 Å². The van der Waals surface area contributed by atoms with Crippen molar-refractivity contribution in [1.82, 2.24) is 30.2 Å². The molecule has 2 aromatic heterocycles. The molecule has 4 aromatic rings. The van der Waals surface area contributed by atoms with Gasteiger partial charge in [-0.2, -0.15) is 0 Å². The van der Waals surface area contributed by atoms with Crippen LogP contribution in [0.3, 0.4) is 0 Å². The number of rotatable bonds is 5. The lowest BCUT2D eigenvalue weighted by molar-refractivity contribution is -0.137. The van der Waals surface area contributed by atoms with Crippen LogP contribution >= 0.6 is 0 Å². The summed E-state index contributed by atoms with van der Waals surface area (Å²) in [6.07, 6.45) is 5.64. The molecular weight excluding hydrogens is 474 g/mol. The third kappa shape index (κ3) is 4.10. The number of fused-ring (bicyclic) bond motifs is 2. The summed E-state index contributed by atoms with van der Waals surface area (Å²) in [4.78, 5) is 55.3. The average molecular weight is 495 g/mol. The molecule has 11 heteroatoms. The number of hydrogen-bond donors (Lipinski definition) is 2. The molecule has 37 heavy (non-hydrogen) atoms. The molecule has 1 saturated heterocycles. The van der Waals surface area contributed by atoms with Crippen LogP contribution in [0.25, 0.3) is 22.0 Å². The molecule has 6 rings (SSSR count). The van der Waals surface area contributed by atoms with Crippen LogP contribution < -0.4 is 10.6 Å². The number of benzene rings is 2. The van der Waals surface area contributed by atoms with Gasteiger partial charge in [0.25, 0.3) is 5.91 Å². The minimum atomic E-state index is -0.723. The summed E-state index contributed by atoms with van der Waals surface area (Å²) in [6.45, 7) is 0.0873. The van der Waals surface area contributed by atoms with Crippen LogP contribution in [0.5, 0.6) is 0 Å². The van der Waals surface area contributed by atoms with Crippen LogP contribution in [0.4, 0.5) is 5.69 Å². The fourth-order valence-electron chi connectivity index (χ4n) is 4.88. The van der Waals surface area contributed by atoms with E-state index in [9.17, 15) is 19.2 Å². The Balaban J connectivity index is 1.18. The fraction of sp³-hybridized carbons (Fsp3) is 0.192. The number of anilines is 1. The van der Waals surface area contributed by atoms with Gasteiger partial charge in [0, 0.05) is 53.1 Å². The zero-order valence-corrected chi connectivity index (χ0v) is 19.5. The van der Waals surface area contributed by atoms with E-state index >= 15 is 0 Å². The summed E-state index contributed by atoms with van der Waals surface area (Å²) in [5.41, 5.74) is 3.04. The van der Waals surface area contributed by atoms with Gasteiger partial charge >= 0.3 is 0 Å². The van der Waals surface area contributed by atoms with Crippen LogP contribution in [0.1, 0.15) is 28.8 Å². The van der Waals surface area contributed by atoms with E-state index < -0.39 is 11.9 Å². The largest absolute Gasteiger partial charge is 0.324 e. The van der Waals surface area contributed by atoms with Gasteiger partial charge in [-0.05, 0) is 30.0 Å². The Hall–Kier alpha value is -4.93. The van der Waals surface area contributed by atoms with Crippen molar-refractivity contribution >= 4 is 40.1 Å². The Bertz CT molecular complexity index is 1590. The number of nitrogens with one attached hydrogen (secondary N) is 2. The van der Waals surface area contributed by atoms with Crippen molar-refractivity contribution in [3.63, 3.8) is 0 Å². The third-order valence-electron chi connectivity index (χ3n) is 6.66. The number of pyridine rings is 1. The molecule has 2 N–H and O–H groups in total. The molecule has 184 valence electrons. The maximum absolute atomic E-state index is 13.0. The number of amides is 4. The number of carbonyl (C=O) groups is 4. The number of aromatic nitrogens is 4. The molecule has 2 aliphatic heterocycles. The van der Waals surface area contributed by atoms with Gasteiger partial charge in [-0.15, -0.1) is 5.10 Å². The summed E-state index contributed by atoms with van der Waals surface area (Å²) < 4.78 is 1.45. The van der Waals surface area contributed by atoms with Crippen LogP contribution in [0.2, 0.25) is 0 Å². The Morgan fingerprint density at radius 3 is 2.78 bits per heavy atom. The highest BCUT2D eigenvalue weighted by atomic mass is 16.2. The molecule has 2 aromatic carbocycles. The van der Waals surface area contributed by atoms with Gasteiger partial charge in [-0.25, -0.2) is 4.68 Å². The summed E-state index contributed by atoms with van der Waals surface area (Å²) in [5.74, 6) is -1.46. The maximum Gasteiger partial charge on any atom is 0.255 e. The summed E-state index contributed by atoms with van der Waals surface area (Å²) in [6, 6.07) is 12.1. The lowest BCUT2D eigenvalue weighted by Crippen LogP contribution is -2.52. The first-order chi connectivity index (χ1) is 18.0. The van der Waals surface area contributed by atoms with Crippen molar-refractivity contribution < 1.29 is 19.2 Å². The van der Waals surface area contributed by atoms with Gasteiger partial charge in [0.2, 0.25) is 17.7 Å². The quantitative estimate of drug-likeness (QED) is 0.403. The van der Waals surface area contributed by atoms with E-state index in [4.69, 9.17) is 0 Å². The fourth-order valence-corrected chi connectivity index (χ4v) is 4.88. The Morgan fingerprint density at radius 2 is 1.92 bits per heavy atom. The van der Waals surface area contributed by atoms with Gasteiger partial charge in [0.05, 0.1) is 6.20 Å². The van der Waals surface area contributed by atoms with E-state index in [0.29, 0.717) is 22.5 Å². The predicted molar refractivity (Wildman–Crippen MR) is 132 cm³/mol. The second-order valence-corrected chi connectivity index (χ2v) is 8.98. The monoisotopic (exact) mass is 495 g/mol. The number of imide groups is 1. The first-order valence-corrected chi connectivity index (χ1v) is 11.8. The highest BCUT2D eigenvalue weighted by Gasteiger charge is 2.39. The summed E-state index contributed by atoms with van der Waals surface area (Å²) in [5, 5.41) is 15.4. The molecule has 2 aliphatic rings. The number of nitrogens with zero attached hydrogens (tertiary/aromatic N) is 5. The number of hydrogen-bond acceptors (Lipinski definition) is 7. The molecule has 1 fully saturated rings. The van der Waals surface area contributed by atoms with Crippen LogP contribution in [-0.4, -0.2) is 54.5 Å². The van der Waals surface area contributed by atoms with Crippen molar-refractivity contribution in [2.75, 3.05) is 5.32 Å². The molecule has 4 heterocycles. The summed E-state index contributed by atoms with van der Waals surface area (Å²) >= 11 is 0. The Morgan fingerprint density at radius 1 is 1.08 bits per heavy atom. The molecule has 11 nitrogen and oxygen atoms in total. The maximum atomic E-state index is 13.0. The van der Waals surface area contributed by atoms with Gasteiger partial charge in [0.1, 0.15) is 18.3 Å². The lowest BCUT2D eigenvalue weighted by Gasteiger charge is -2.29. The van der Waals surface area contributed by atoms with Gasteiger partial charge in [-0.1, -0.05) is 29.5 Å². The van der Waals surface area contributed by atoms with Gasteiger partial charge in [-0.3, -0.25) is 29.5 Å². The predicted octanol–water partition coefficient (Wildman–Crippen LogP) is 1.89. The Labute approximate surface area is 210 Å². The van der Waals surface area contributed by atoms with E-state index in [1.54, 1.807) is 36.8 Å². The standard InChI is InChI=1S/C26H21N7O4/c34-23-8-7-22(25(36)29-23)33-12-19-17(26(33)37)5-2-6-20(19)28-24(35)14-32-13-21(30-31-32)16-4-1-3-15-9-10-27-11-18(15)16/h1-6,9-11,13,22H,7-8,12,14H2,(H,28,35)(H,29,34,36). The number of carbonyl (C=O) groups excluding carboxylic acids is 4. The molecule has 4 amide bonds. The van der Waals surface area contributed by atoms with Crippen molar-refractivity contribution in [2.24, 2.45) is 0 Å². The second kappa shape index (κ2) is 8.94. The normalized spacial score (nSPS) is 17.1. The van der Waals surface area contributed by atoms with E-state index in [1.807, 2.05) is 24.3 Å². The van der Waals surface area contributed by atoms with Crippen molar-refractivity contribution in [3.8, 4) is 11.3 Å². The van der Waals surface area contributed by atoms with Crippen molar-refractivity contribution in [1.29, 1.82) is 0 Å².